The van der Waals surface area contributed by atoms with Crippen molar-refractivity contribution in [1.29, 1.82) is 0 Å². The minimum atomic E-state index is -0.183. The molecule has 1 amide bonds. The number of nitrogens with one attached hydrogen (secondary N) is 1. The molecular formula is C13H19ClN2O2. The Morgan fingerprint density at radius 2 is 2.28 bits per heavy atom. The van der Waals surface area contributed by atoms with E-state index < -0.39 is 0 Å². The second-order valence-corrected chi connectivity index (χ2v) is 4.46. The third-order valence-corrected chi connectivity index (χ3v) is 3.05. The van der Waals surface area contributed by atoms with Crippen LogP contribution in [0, 0.1) is 5.92 Å². The van der Waals surface area contributed by atoms with E-state index in [-0.39, 0.29) is 11.8 Å². The molecule has 4 nitrogen and oxygen atoms in total. The molecule has 1 aromatic rings. The van der Waals surface area contributed by atoms with Crippen LogP contribution in [-0.2, 0) is 4.79 Å². The van der Waals surface area contributed by atoms with Gasteiger partial charge in [-0.05, 0) is 18.6 Å². The van der Waals surface area contributed by atoms with Crippen molar-refractivity contribution in [1.82, 2.24) is 0 Å². The normalized spacial score (nSPS) is 12.0. The molecule has 0 aliphatic heterocycles. The fourth-order valence-corrected chi connectivity index (χ4v) is 1.83. The maximum atomic E-state index is 12.0. The van der Waals surface area contributed by atoms with Gasteiger partial charge in [0.05, 0.1) is 23.7 Å². The van der Waals surface area contributed by atoms with Crippen molar-refractivity contribution in [2.24, 2.45) is 11.7 Å². The van der Waals surface area contributed by atoms with E-state index in [1.54, 1.807) is 25.3 Å². The van der Waals surface area contributed by atoms with Crippen LogP contribution in [0.3, 0.4) is 0 Å². The van der Waals surface area contributed by atoms with E-state index in [0.717, 1.165) is 12.8 Å². The summed E-state index contributed by atoms with van der Waals surface area (Å²) in [7, 11) is 1.56. The smallest absolute Gasteiger partial charge is 0.228 e. The second kappa shape index (κ2) is 7.24. The van der Waals surface area contributed by atoms with Crippen LogP contribution in [0.2, 0.25) is 5.02 Å². The van der Waals surface area contributed by atoms with Gasteiger partial charge in [-0.1, -0.05) is 24.9 Å². The molecule has 5 heteroatoms. The molecule has 100 valence electrons. The van der Waals surface area contributed by atoms with E-state index in [2.05, 4.69) is 5.32 Å². The number of ether oxygens (including phenoxy) is 1. The summed E-state index contributed by atoms with van der Waals surface area (Å²) in [6.07, 6.45) is 1.69. The van der Waals surface area contributed by atoms with Crippen molar-refractivity contribution < 1.29 is 9.53 Å². The van der Waals surface area contributed by atoms with Crippen LogP contribution in [0.15, 0.2) is 18.2 Å². The molecule has 0 spiro atoms. The highest BCUT2D eigenvalue weighted by Crippen LogP contribution is 2.27. The maximum absolute atomic E-state index is 12.0. The lowest BCUT2D eigenvalue weighted by Gasteiger charge is -2.15. The van der Waals surface area contributed by atoms with Gasteiger partial charge in [0.2, 0.25) is 5.91 Å². The van der Waals surface area contributed by atoms with E-state index in [0.29, 0.717) is 23.0 Å². The molecule has 0 heterocycles. The lowest BCUT2D eigenvalue weighted by atomic mass is 10.0. The molecule has 0 bridgehead atoms. The molecule has 1 unspecified atom stereocenters. The summed E-state index contributed by atoms with van der Waals surface area (Å²) < 4.78 is 5.09. The SMILES string of the molecule is CCCC(CN)C(=O)Nc1cc(OC)ccc1Cl. The number of rotatable bonds is 6. The minimum absolute atomic E-state index is 0.102. The summed E-state index contributed by atoms with van der Waals surface area (Å²) >= 11 is 6.02. The van der Waals surface area contributed by atoms with Crippen LogP contribution in [0.4, 0.5) is 5.69 Å². The maximum Gasteiger partial charge on any atom is 0.228 e. The van der Waals surface area contributed by atoms with Gasteiger partial charge in [0.15, 0.2) is 0 Å². The molecular weight excluding hydrogens is 252 g/mol. The number of halogens is 1. The third-order valence-electron chi connectivity index (χ3n) is 2.72. The number of carbonyl (C=O) groups excluding carboxylic acids is 1. The summed E-state index contributed by atoms with van der Waals surface area (Å²) in [5, 5.41) is 3.27. The van der Waals surface area contributed by atoms with Gasteiger partial charge in [-0.2, -0.15) is 0 Å². The molecule has 1 rings (SSSR count). The fraction of sp³-hybridized carbons (Fsp3) is 0.462. The Kier molecular flexibility index (Phi) is 5.95. The monoisotopic (exact) mass is 270 g/mol. The average molecular weight is 271 g/mol. The minimum Gasteiger partial charge on any atom is -0.497 e. The highest BCUT2D eigenvalue weighted by atomic mass is 35.5. The molecule has 18 heavy (non-hydrogen) atoms. The number of amides is 1. The summed E-state index contributed by atoms with van der Waals surface area (Å²) in [6.45, 7) is 2.36. The Morgan fingerprint density at radius 1 is 1.56 bits per heavy atom. The molecule has 0 fully saturated rings. The van der Waals surface area contributed by atoms with Gasteiger partial charge in [0.1, 0.15) is 5.75 Å². The number of methoxy groups -OCH3 is 1. The molecule has 0 saturated carbocycles. The fourth-order valence-electron chi connectivity index (χ4n) is 1.67. The lowest BCUT2D eigenvalue weighted by molar-refractivity contribution is -0.119. The van der Waals surface area contributed by atoms with Crippen molar-refractivity contribution in [2.45, 2.75) is 19.8 Å². The first-order valence-electron chi connectivity index (χ1n) is 5.96. The Labute approximate surface area is 112 Å². The van der Waals surface area contributed by atoms with Gasteiger partial charge in [-0.25, -0.2) is 0 Å². The zero-order valence-corrected chi connectivity index (χ0v) is 11.5. The first-order valence-corrected chi connectivity index (χ1v) is 6.34. The van der Waals surface area contributed by atoms with E-state index in [1.165, 1.54) is 0 Å². The Morgan fingerprint density at radius 3 is 2.83 bits per heavy atom. The third kappa shape index (κ3) is 3.89. The molecule has 0 aliphatic rings. The number of carbonyl (C=O) groups is 1. The molecule has 1 aromatic carbocycles. The quantitative estimate of drug-likeness (QED) is 0.835. The van der Waals surface area contributed by atoms with Crippen LogP contribution in [0.1, 0.15) is 19.8 Å². The van der Waals surface area contributed by atoms with Gasteiger partial charge < -0.3 is 15.8 Å². The summed E-state index contributed by atoms with van der Waals surface area (Å²) in [6, 6.07) is 5.12. The van der Waals surface area contributed by atoms with E-state index in [9.17, 15) is 4.79 Å². The standard InChI is InChI=1S/C13H19ClN2O2/c1-3-4-9(8-15)13(17)16-12-7-10(18-2)5-6-11(12)14/h5-7,9H,3-4,8,15H2,1-2H3,(H,16,17). The second-order valence-electron chi connectivity index (χ2n) is 4.06. The summed E-state index contributed by atoms with van der Waals surface area (Å²) in [5.74, 6) is 0.362. The predicted molar refractivity (Wildman–Crippen MR) is 74.1 cm³/mol. The molecule has 3 N–H and O–H groups in total. The zero-order chi connectivity index (χ0) is 13.5. The van der Waals surface area contributed by atoms with Gasteiger partial charge in [-0.15, -0.1) is 0 Å². The van der Waals surface area contributed by atoms with E-state index in [4.69, 9.17) is 22.1 Å². The molecule has 0 aromatic heterocycles. The average Bonchev–Trinajstić information content (AvgIpc) is 2.38. The van der Waals surface area contributed by atoms with Crippen LogP contribution >= 0.6 is 11.6 Å². The van der Waals surface area contributed by atoms with Crippen molar-refractivity contribution in [3.05, 3.63) is 23.2 Å². The molecule has 0 radical (unpaired) electrons. The van der Waals surface area contributed by atoms with Crippen LogP contribution in [-0.4, -0.2) is 19.6 Å². The van der Waals surface area contributed by atoms with Crippen LogP contribution in [0.25, 0.3) is 0 Å². The van der Waals surface area contributed by atoms with E-state index >= 15 is 0 Å². The van der Waals surface area contributed by atoms with Gasteiger partial charge in [0.25, 0.3) is 0 Å². The number of hydrogen-bond acceptors (Lipinski definition) is 3. The van der Waals surface area contributed by atoms with Crippen molar-refractivity contribution in [2.75, 3.05) is 19.0 Å². The molecule has 1 atom stereocenters. The van der Waals surface area contributed by atoms with Crippen LogP contribution in [0.5, 0.6) is 5.75 Å². The first kappa shape index (κ1) is 14.8. The van der Waals surface area contributed by atoms with Crippen molar-refractivity contribution in [3.8, 4) is 5.75 Å². The Balaban J connectivity index is 2.79. The Hall–Kier alpha value is -1.26. The predicted octanol–water partition coefficient (Wildman–Crippen LogP) is 2.66. The number of hydrogen-bond donors (Lipinski definition) is 2. The zero-order valence-electron chi connectivity index (χ0n) is 10.7. The highest BCUT2D eigenvalue weighted by molar-refractivity contribution is 6.33. The number of benzene rings is 1. The van der Waals surface area contributed by atoms with Gasteiger partial charge in [0, 0.05) is 12.6 Å². The summed E-state index contributed by atoms with van der Waals surface area (Å²) in [4.78, 5) is 12.0. The largest absolute Gasteiger partial charge is 0.497 e. The van der Waals surface area contributed by atoms with E-state index in [1.807, 2.05) is 6.92 Å². The highest BCUT2D eigenvalue weighted by Gasteiger charge is 2.17. The summed E-state index contributed by atoms with van der Waals surface area (Å²) in [5.41, 5.74) is 6.14. The first-order chi connectivity index (χ1) is 8.62. The van der Waals surface area contributed by atoms with Crippen LogP contribution < -0.4 is 15.8 Å². The van der Waals surface area contributed by atoms with Gasteiger partial charge in [-0.3, -0.25) is 4.79 Å². The number of nitrogens with two attached hydrogens (primary N) is 1. The Bertz CT molecular complexity index is 410. The van der Waals surface area contributed by atoms with Gasteiger partial charge >= 0.3 is 0 Å². The lowest BCUT2D eigenvalue weighted by Crippen LogP contribution is -2.29. The topological polar surface area (TPSA) is 64.4 Å². The van der Waals surface area contributed by atoms with Crippen molar-refractivity contribution in [3.63, 3.8) is 0 Å². The number of anilines is 1. The molecule has 0 saturated heterocycles. The molecule has 0 aliphatic carbocycles. The van der Waals surface area contributed by atoms with Crippen molar-refractivity contribution >= 4 is 23.2 Å².